The van der Waals surface area contributed by atoms with Gasteiger partial charge in [0.25, 0.3) is 0 Å². The summed E-state index contributed by atoms with van der Waals surface area (Å²) in [6.45, 7) is 8.55. The second-order valence-corrected chi connectivity index (χ2v) is 6.26. The second kappa shape index (κ2) is 4.97. The highest BCUT2D eigenvalue weighted by atomic mass is 16.4. The van der Waals surface area contributed by atoms with Gasteiger partial charge in [-0.2, -0.15) is 0 Å². The molecular weight excluding hydrogens is 214 g/mol. The molecule has 1 heterocycles. The first-order valence-electron chi connectivity index (χ1n) is 6.96. The number of carboxylic acids is 1. The highest BCUT2D eigenvalue weighted by molar-refractivity contribution is 5.70. The molecule has 2 rings (SSSR count). The first kappa shape index (κ1) is 12.9. The second-order valence-electron chi connectivity index (χ2n) is 6.26. The van der Waals surface area contributed by atoms with Gasteiger partial charge in [0, 0.05) is 19.1 Å². The average molecular weight is 239 g/mol. The number of carboxylic acid groups (broad SMARTS) is 1. The van der Waals surface area contributed by atoms with Crippen LogP contribution in [0.4, 0.5) is 0 Å². The van der Waals surface area contributed by atoms with E-state index >= 15 is 0 Å². The minimum atomic E-state index is -0.639. The summed E-state index contributed by atoms with van der Waals surface area (Å²) in [4.78, 5) is 13.4. The molecule has 1 N–H and O–H groups in total. The van der Waals surface area contributed by atoms with E-state index in [1.165, 1.54) is 19.3 Å². The van der Waals surface area contributed by atoms with Crippen LogP contribution in [-0.4, -0.2) is 35.1 Å². The maximum atomic E-state index is 10.9. The molecule has 0 spiro atoms. The standard InChI is InChI=1S/C14H25NO2/c1-9-4-5-13(6-10(9)2)15-7-12(8-15)11(3)14(16)17/h9-13H,4-8H2,1-3H3,(H,16,17). The van der Waals surface area contributed by atoms with Gasteiger partial charge in [-0.3, -0.25) is 9.69 Å². The Balaban J connectivity index is 1.78. The van der Waals surface area contributed by atoms with Gasteiger partial charge in [-0.1, -0.05) is 20.8 Å². The van der Waals surface area contributed by atoms with Crippen LogP contribution >= 0.6 is 0 Å². The Morgan fingerprint density at radius 1 is 1.24 bits per heavy atom. The minimum absolute atomic E-state index is 0.175. The van der Waals surface area contributed by atoms with Gasteiger partial charge in [0.15, 0.2) is 0 Å². The summed E-state index contributed by atoms with van der Waals surface area (Å²) in [6.07, 6.45) is 3.94. The molecule has 0 aromatic carbocycles. The Labute approximate surface area is 104 Å². The summed E-state index contributed by atoms with van der Waals surface area (Å²) >= 11 is 0. The van der Waals surface area contributed by atoms with Gasteiger partial charge in [0.2, 0.25) is 0 Å². The molecular formula is C14H25NO2. The molecule has 1 saturated carbocycles. The van der Waals surface area contributed by atoms with Gasteiger partial charge in [-0.05, 0) is 37.0 Å². The molecule has 0 bridgehead atoms. The van der Waals surface area contributed by atoms with E-state index in [1.54, 1.807) is 0 Å². The lowest BCUT2D eigenvalue weighted by Crippen LogP contribution is -2.56. The fourth-order valence-electron chi connectivity index (χ4n) is 3.22. The van der Waals surface area contributed by atoms with E-state index in [2.05, 4.69) is 18.7 Å². The first-order chi connectivity index (χ1) is 7.99. The maximum Gasteiger partial charge on any atom is 0.306 e. The predicted octanol–water partition coefficient (Wildman–Crippen LogP) is 2.46. The number of aliphatic carboxylic acids is 1. The molecule has 3 heteroatoms. The van der Waals surface area contributed by atoms with Crippen molar-refractivity contribution in [1.29, 1.82) is 0 Å². The van der Waals surface area contributed by atoms with Crippen LogP contribution in [0.15, 0.2) is 0 Å². The summed E-state index contributed by atoms with van der Waals surface area (Å²) in [5.74, 6) is 1.25. The van der Waals surface area contributed by atoms with Crippen molar-refractivity contribution in [2.75, 3.05) is 13.1 Å². The monoisotopic (exact) mass is 239 g/mol. The zero-order valence-corrected chi connectivity index (χ0v) is 11.2. The van der Waals surface area contributed by atoms with Crippen LogP contribution < -0.4 is 0 Å². The third-order valence-electron chi connectivity index (χ3n) is 5.12. The molecule has 1 saturated heterocycles. The Hall–Kier alpha value is -0.570. The number of hydrogen-bond donors (Lipinski definition) is 1. The topological polar surface area (TPSA) is 40.5 Å². The smallest absolute Gasteiger partial charge is 0.306 e. The van der Waals surface area contributed by atoms with Crippen molar-refractivity contribution >= 4 is 5.97 Å². The van der Waals surface area contributed by atoms with Gasteiger partial charge >= 0.3 is 5.97 Å². The summed E-state index contributed by atoms with van der Waals surface area (Å²) in [6, 6.07) is 0.721. The molecule has 1 aliphatic heterocycles. The molecule has 0 radical (unpaired) electrons. The summed E-state index contributed by atoms with van der Waals surface area (Å²) in [5, 5.41) is 8.97. The molecule has 3 nitrogen and oxygen atoms in total. The molecule has 1 aliphatic carbocycles. The molecule has 0 aromatic heterocycles. The molecule has 4 unspecified atom stereocenters. The number of hydrogen-bond acceptors (Lipinski definition) is 2. The lowest BCUT2D eigenvalue weighted by molar-refractivity contribution is -0.146. The highest BCUT2D eigenvalue weighted by Gasteiger charge is 2.39. The van der Waals surface area contributed by atoms with Crippen LogP contribution in [0.1, 0.15) is 40.0 Å². The number of likely N-dealkylation sites (tertiary alicyclic amines) is 1. The molecule has 0 amide bonds. The maximum absolute atomic E-state index is 10.9. The zero-order chi connectivity index (χ0) is 12.6. The Bertz CT molecular complexity index is 286. The van der Waals surface area contributed by atoms with Crippen molar-refractivity contribution in [3.05, 3.63) is 0 Å². The van der Waals surface area contributed by atoms with E-state index < -0.39 is 5.97 Å². The Morgan fingerprint density at radius 3 is 2.41 bits per heavy atom. The third kappa shape index (κ3) is 2.65. The number of nitrogens with zero attached hydrogens (tertiary/aromatic N) is 1. The van der Waals surface area contributed by atoms with Crippen molar-refractivity contribution < 1.29 is 9.90 Å². The average Bonchev–Trinajstić information content (AvgIpc) is 2.20. The molecule has 98 valence electrons. The van der Waals surface area contributed by atoms with Crippen LogP contribution in [0.3, 0.4) is 0 Å². The number of rotatable bonds is 3. The van der Waals surface area contributed by atoms with Gasteiger partial charge in [-0.15, -0.1) is 0 Å². The molecule has 4 atom stereocenters. The SMILES string of the molecule is CC1CCC(N2CC(C(C)C(=O)O)C2)CC1C. The van der Waals surface area contributed by atoms with Gasteiger partial charge in [0.05, 0.1) is 5.92 Å². The van der Waals surface area contributed by atoms with E-state index in [1.807, 2.05) is 6.92 Å². The lowest BCUT2D eigenvalue weighted by atomic mass is 9.76. The summed E-state index contributed by atoms with van der Waals surface area (Å²) < 4.78 is 0. The van der Waals surface area contributed by atoms with Crippen LogP contribution in [0.2, 0.25) is 0 Å². The van der Waals surface area contributed by atoms with Crippen LogP contribution in [0.5, 0.6) is 0 Å². The fraction of sp³-hybridized carbons (Fsp3) is 0.929. The largest absolute Gasteiger partial charge is 0.481 e. The lowest BCUT2D eigenvalue weighted by Gasteiger charge is -2.49. The molecule has 2 aliphatic rings. The van der Waals surface area contributed by atoms with E-state index in [0.717, 1.165) is 31.0 Å². The minimum Gasteiger partial charge on any atom is -0.481 e. The van der Waals surface area contributed by atoms with Crippen LogP contribution in [0.25, 0.3) is 0 Å². The normalized spacial score (nSPS) is 37.5. The van der Waals surface area contributed by atoms with Crippen molar-refractivity contribution in [3.63, 3.8) is 0 Å². The van der Waals surface area contributed by atoms with Crippen LogP contribution in [0, 0.1) is 23.7 Å². The molecule has 17 heavy (non-hydrogen) atoms. The van der Waals surface area contributed by atoms with E-state index in [0.29, 0.717) is 5.92 Å². The zero-order valence-electron chi connectivity index (χ0n) is 11.2. The van der Waals surface area contributed by atoms with E-state index in [-0.39, 0.29) is 5.92 Å². The van der Waals surface area contributed by atoms with Gasteiger partial charge in [0.1, 0.15) is 0 Å². The van der Waals surface area contributed by atoms with Crippen molar-refractivity contribution in [3.8, 4) is 0 Å². The van der Waals surface area contributed by atoms with E-state index in [9.17, 15) is 4.79 Å². The van der Waals surface area contributed by atoms with E-state index in [4.69, 9.17) is 5.11 Å². The van der Waals surface area contributed by atoms with Crippen molar-refractivity contribution in [2.45, 2.75) is 46.1 Å². The molecule has 2 fully saturated rings. The Morgan fingerprint density at radius 2 is 1.88 bits per heavy atom. The predicted molar refractivity (Wildman–Crippen MR) is 67.8 cm³/mol. The van der Waals surface area contributed by atoms with Gasteiger partial charge in [-0.25, -0.2) is 0 Å². The third-order valence-corrected chi connectivity index (χ3v) is 5.12. The van der Waals surface area contributed by atoms with Crippen LogP contribution in [-0.2, 0) is 4.79 Å². The number of carbonyl (C=O) groups is 1. The highest BCUT2D eigenvalue weighted by Crippen LogP contribution is 2.36. The Kier molecular flexibility index (Phi) is 3.76. The van der Waals surface area contributed by atoms with Crippen molar-refractivity contribution in [2.24, 2.45) is 23.7 Å². The van der Waals surface area contributed by atoms with Gasteiger partial charge < -0.3 is 5.11 Å². The summed E-state index contributed by atoms with van der Waals surface area (Å²) in [5.41, 5.74) is 0. The first-order valence-corrected chi connectivity index (χ1v) is 6.96. The van der Waals surface area contributed by atoms with Crippen molar-refractivity contribution in [1.82, 2.24) is 4.90 Å². The summed E-state index contributed by atoms with van der Waals surface area (Å²) in [7, 11) is 0. The fourth-order valence-corrected chi connectivity index (χ4v) is 3.22. The quantitative estimate of drug-likeness (QED) is 0.822. The molecule has 0 aromatic rings.